The lowest BCUT2D eigenvalue weighted by Gasteiger charge is -2.34. The van der Waals surface area contributed by atoms with Gasteiger partial charge in [-0.3, -0.25) is 0 Å². The molecule has 1 aliphatic heterocycles. The number of hydrogen-bond acceptors (Lipinski definition) is 4. The minimum Gasteiger partial charge on any atom is -0.369 e. The highest BCUT2D eigenvalue weighted by molar-refractivity contribution is 6.09. The van der Waals surface area contributed by atoms with E-state index in [9.17, 15) is 0 Å². The highest BCUT2D eigenvalue weighted by Crippen LogP contribution is 2.37. The molecular weight excluding hydrogens is 356 g/mol. The maximum Gasteiger partial charge on any atom is 0.0730 e. The summed E-state index contributed by atoms with van der Waals surface area (Å²) in [6.07, 6.45) is 0. The van der Waals surface area contributed by atoms with Crippen LogP contribution in [0.1, 0.15) is 0 Å². The van der Waals surface area contributed by atoms with E-state index in [0.29, 0.717) is 0 Å². The number of rotatable bonds is 3. The topological polar surface area (TPSA) is 22.6 Å². The van der Waals surface area contributed by atoms with Gasteiger partial charge in [0.05, 0.1) is 16.7 Å². The van der Waals surface area contributed by atoms with Crippen LogP contribution in [0.25, 0.3) is 21.8 Å². The first kappa shape index (κ1) is 18.0. The van der Waals surface area contributed by atoms with Crippen LogP contribution in [-0.2, 0) is 0 Å². The summed E-state index contributed by atoms with van der Waals surface area (Å²) < 4.78 is 0. The SMILES string of the molecule is CN1CCN(c2ccc(N(C)c3c4ccccc4nc4ccccc34)cc2)CC1. The molecule has 0 amide bonds. The third kappa shape index (κ3) is 3.30. The quantitative estimate of drug-likeness (QED) is 0.470. The Hall–Kier alpha value is -3.11. The van der Waals surface area contributed by atoms with E-state index >= 15 is 0 Å². The van der Waals surface area contributed by atoms with Crippen LogP contribution >= 0.6 is 0 Å². The van der Waals surface area contributed by atoms with Crippen molar-refractivity contribution in [1.82, 2.24) is 9.88 Å². The van der Waals surface area contributed by atoms with Gasteiger partial charge in [-0.05, 0) is 43.4 Å². The van der Waals surface area contributed by atoms with Crippen molar-refractivity contribution in [3.05, 3.63) is 72.8 Å². The fraction of sp³-hybridized carbons (Fsp3) is 0.240. The van der Waals surface area contributed by atoms with Crippen molar-refractivity contribution in [1.29, 1.82) is 0 Å². The van der Waals surface area contributed by atoms with Gasteiger partial charge in [0.25, 0.3) is 0 Å². The van der Waals surface area contributed by atoms with Gasteiger partial charge in [-0.1, -0.05) is 36.4 Å². The van der Waals surface area contributed by atoms with Crippen molar-refractivity contribution in [2.75, 3.05) is 50.1 Å². The summed E-state index contributed by atoms with van der Waals surface area (Å²) >= 11 is 0. The molecule has 5 rings (SSSR count). The molecule has 1 aromatic heterocycles. The molecule has 3 aromatic carbocycles. The number of para-hydroxylation sites is 2. The minimum atomic E-state index is 1.03. The van der Waals surface area contributed by atoms with Gasteiger partial charge < -0.3 is 14.7 Å². The summed E-state index contributed by atoms with van der Waals surface area (Å²) in [4.78, 5) is 12.0. The van der Waals surface area contributed by atoms with E-state index in [4.69, 9.17) is 4.98 Å². The Morgan fingerprint density at radius 1 is 0.724 bits per heavy atom. The molecule has 0 bridgehead atoms. The molecule has 0 radical (unpaired) electrons. The molecular formula is C25H26N4. The van der Waals surface area contributed by atoms with Gasteiger partial charge in [0.15, 0.2) is 0 Å². The Bertz CT molecular complexity index is 1090. The highest BCUT2D eigenvalue weighted by atomic mass is 15.2. The number of nitrogens with zero attached hydrogens (tertiary/aromatic N) is 4. The maximum absolute atomic E-state index is 4.86. The van der Waals surface area contributed by atoms with Crippen molar-refractivity contribution in [3.8, 4) is 0 Å². The molecule has 0 spiro atoms. The lowest BCUT2D eigenvalue weighted by atomic mass is 10.1. The van der Waals surface area contributed by atoms with E-state index in [1.165, 1.54) is 27.8 Å². The Labute approximate surface area is 172 Å². The summed E-state index contributed by atoms with van der Waals surface area (Å²) in [5.41, 5.74) is 5.76. The molecule has 1 fully saturated rings. The molecule has 4 heteroatoms. The Kier molecular flexibility index (Phi) is 4.57. The second-order valence-electron chi connectivity index (χ2n) is 7.86. The van der Waals surface area contributed by atoms with Crippen LogP contribution in [-0.4, -0.2) is 50.2 Å². The van der Waals surface area contributed by atoms with Crippen molar-refractivity contribution >= 4 is 38.9 Å². The standard InChI is InChI=1S/C25H26N4/c1-27-15-17-29(18-16-27)20-13-11-19(12-14-20)28(2)25-21-7-3-5-9-23(21)26-24-10-6-4-8-22(24)25/h3-14H,15-18H2,1-2H3. The molecule has 0 unspecified atom stereocenters. The second kappa shape index (κ2) is 7.37. The number of aromatic nitrogens is 1. The highest BCUT2D eigenvalue weighted by Gasteiger charge is 2.16. The Balaban J connectivity index is 1.54. The van der Waals surface area contributed by atoms with Gasteiger partial charge in [-0.25, -0.2) is 4.98 Å². The molecule has 1 aliphatic rings. The summed E-state index contributed by atoms with van der Waals surface area (Å²) in [5, 5.41) is 2.36. The number of benzene rings is 3. The largest absolute Gasteiger partial charge is 0.369 e. The monoisotopic (exact) mass is 382 g/mol. The van der Waals surface area contributed by atoms with E-state index in [1.807, 2.05) is 0 Å². The van der Waals surface area contributed by atoms with E-state index in [2.05, 4.69) is 102 Å². The fourth-order valence-electron chi connectivity index (χ4n) is 4.26. The van der Waals surface area contributed by atoms with Crippen LogP contribution in [0, 0.1) is 0 Å². The summed E-state index contributed by atoms with van der Waals surface area (Å²) in [6, 6.07) is 25.8. The van der Waals surface area contributed by atoms with Crippen LogP contribution in [0.4, 0.5) is 17.1 Å². The molecule has 4 nitrogen and oxygen atoms in total. The van der Waals surface area contributed by atoms with E-state index < -0.39 is 0 Å². The fourth-order valence-corrected chi connectivity index (χ4v) is 4.26. The normalized spacial score (nSPS) is 15.2. The van der Waals surface area contributed by atoms with Gasteiger partial charge in [0, 0.05) is 55.4 Å². The molecule has 0 atom stereocenters. The first-order valence-electron chi connectivity index (χ1n) is 10.3. The Morgan fingerprint density at radius 2 is 1.28 bits per heavy atom. The average molecular weight is 383 g/mol. The first-order chi connectivity index (χ1) is 14.2. The summed E-state index contributed by atoms with van der Waals surface area (Å²) in [5.74, 6) is 0. The molecule has 2 heterocycles. The van der Waals surface area contributed by atoms with Crippen LogP contribution in [0.15, 0.2) is 72.8 Å². The molecule has 0 N–H and O–H groups in total. The van der Waals surface area contributed by atoms with E-state index in [1.54, 1.807) is 0 Å². The zero-order valence-corrected chi connectivity index (χ0v) is 17.0. The number of fused-ring (bicyclic) bond motifs is 2. The first-order valence-corrected chi connectivity index (χ1v) is 10.3. The molecule has 0 saturated carbocycles. The van der Waals surface area contributed by atoms with Crippen LogP contribution in [0.2, 0.25) is 0 Å². The second-order valence-corrected chi connectivity index (χ2v) is 7.86. The molecule has 1 saturated heterocycles. The van der Waals surface area contributed by atoms with Crippen molar-refractivity contribution < 1.29 is 0 Å². The number of piperazine rings is 1. The number of likely N-dealkylation sites (N-methyl/N-ethyl adjacent to an activating group) is 1. The van der Waals surface area contributed by atoms with Gasteiger partial charge in [-0.15, -0.1) is 0 Å². The third-order valence-corrected chi connectivity index (χ3v) is 6.00. The van der Waals surface area contributed by atoms with Crippen molar-refractivity contribution in [3.63, 3.8) is 0 Å². The maximum atomic E-state index is 4.86. The minimum absolute atomic E-state index is 1.03. The summed E-state index contributed by atoms with van der Waals surface area (Å²) in [6.45, 7) is 4.42. The van der Waals surface area contributed by atoms with Crippen molar-refractivity contribution in [2.45, 2.75) is 0 Å². The zero-order chi connectivity index (χ0) is 19.8. The van der Waals surface area contributed by atoms with E-state index in [-0.39, 0.29) is 0 Å². The van der Waals surface area contributed by atoms with Gasteiger partial charge in [0.2, 0.25) is 0 Å². The lowest BCUT2D eigenvalue weighted by molar-refractivity contribution is 0.313. The van der Waals surface area contributed by atoms with Crippen LogP contribution in [0.5, 0.6) is 0 Å². The third-order valence-electron chi connectivity index (χ3n) is 6.00. The molecule has 146 valence electrons. The Morgan fingerprint density at radius 3 is 1.86 bits per heavy atom. The van der Waals surface area contributed by atoms with E-state index in [0.717, 1.165) is 37.2 Å². The average Bonchev–Trinajstić information content (AvgIpc) is 2.77. The number of anilines is 3. The summed E-state index contributed by atoms with van der Waals surface area (Å²) in [7, 11) is 4.35. The molecule has 29 heavy (non-hydrogen) atoms. The number of hydrogen-bond donors (Lipinski definition) is 0. The van der Waals surface area contributed by atoms with Gasteiger partial charge >= 0.3 is 0 Å². The smallest absolute Gasteiger partial charge is 0.0730 e. The zero-order valence-electron chi connectivity index (χ0n) is 17.0. The van der Waals surface area contributed by atoms with Gasteiger partial charge in [-0.2, -0.15) is 0 Å². The van der Waals surface area contributed by atoms with Crippen LogP contribution in [0.3, 0.4) is 0 Å². The lowest BCUT2D eigenvalue weighted by Crippen LogP contribution is -2.44. The van der Waals surface area contributed by atoms with Crippen molar-refractivity contribution in [2.24, 2.45) is 0 Å². The van der Waals surface area contributed by atoms with Crippen LogP contribution < -0.4 is 9.80 Å². The number of pyridine rings is 1. The predicted octanol–water partition coefficient (Wildman–Crippen LogP) is 4.91. The van der Waals surface area contributed by atoms with Gasteiger partial charge in [0.1, 0.15) is 0 Å². The molecule has 4 aromatic rings. The predicted molar refractivity (Wildman–Crippen MR) is 123 cm³/mol. The molecule has 0 aliphatic carbocycles.